The highest BCUT2D eigenvalue weighted by Crippen LogP contribution is 2.29. The molecule has 4 aromatic rings. The van der Waals surface area contributed by atoms with E-state index in [0.717, 1.165) is 21.9 Å². The van der Waals surface area contributed by atoms with Crippen molar-refractivity contribution in [2.75, 3.05) is 23.1 Å². The van der Waals surface area contributed by atoms with Gasteiger partial charge in [0.15, 0.2) is 0 Å². The monoisotopic (exact) mass is 420 g/mol. The fraction of sp³-hybridized carbons (Fsp3) is 0.174. The first-order chi connectivity index (χ1) is 14.4. The van der Waals surface area contributed by atoms with Gasteiger partial charge in [-0.2, -0.15) is 0 Å². The molecule has 7 heteroatoms. The third-order valence-electron chi connectivity index (χ3n) is 5.08. The fourth-order valence-corrected chi connectivity index (χ4v) is 4.94. The lowest BCUT2D eigenvalue weighted by Gasteiger charge is -2.25. The quantitative estimate of drug-likeness (QED) is 0.365. The molecule has 0 saturated carbocycles. The zero-order chi connectivity index (χ0) is 21.3. The van der Waals surface area contributed by atoms with Crippen LogP contribution in [-0.2, 0) is 10.0 Å². The number of nitrogen functional groups attached to an aromatic ring is 1. The predicted molar refractivity (Wildman–Crippen MR) is 123 cm³/mol. The molecule has 0 radical (unpaired) electrons. The first-order valence-corrected chi connectivity index (χ1v) is 11.2. The summed E-state index contributed by atoms with van der Waals surface area (Å²) in [5, 5.41) is 1.92. The van der Waals surface area contributed by atoms with Gasteiger partial charge in [-0.25, -0.2) is 13.4 Å². The summed E-state index contributed by atoms with van der Waals surface area (Å²) >= 11 is 0. The van der Waals surface area contributed by atoms with Crippen LogP contribution >= 0.6 is 0 Å². The minimum absolute atomic E-state index is 0.254. The van der Waals surface area contributed by atoms with Crippen LogP contribution in [0.4, 0.5) is 11.4 Å². The van der Waals surface area contributed by atoms with Crippen molar-refractivity contribution in [3.63, 3.8) is 0 Å². The van der Waals surface area contributed by atoms with E-state index in [1.54, 1.807) is 30.3 Å². The predicted octanol–water partition coefficient (Wildman–Crippen LogP) is 3.82. The van der Waals surface area contributed by atoms with Gasteiger partial charge in [0.2, 0.25) is 0 Å². The minimum atomic E-state index is -3.73. The number of hydrogen-bond acceptors (Lipinski definition) is 5. The molecule has 6 nitrogen and oxygen atoms in total. The number of hydrogen-bond donors (Lipinski definition) is 2. The fourth-order valence-electron chi connectivity index (χ4n) is 3.44. The van der Waals surface area contributed by atoms with Crippen LogP contribution in [0.2, 0.25) is 0 Å². The maximum Gasteiger partial charge on any atom is 0.264 e. The molecule has 0 amide bonds. The number of rotatable bonds is 6. The summed E-state index contributed by atoms with van der Waals surface area (Å²) in [4.78, 5) is 4.96. The Morgan fingerprint density at radius 2 is 1.57 bits per heavy atom. The molecule has 0 unspecified atom stereocenters. The molecule has 0 aliphatic carbocycles. The van der Waals surface area contributed by atoms with Crippen molar-refractivity contribution >= 4 is 43.2 Å². The van der Waals surface area contributed by atoms with Crippen LogP contribution < -0.4 is 15.8 Å². The summed E-state index contributed by atoms with van der Waals surface area (Å²) < 4.78 is 28.2. The van der Waals surface area contributed by atoms with Gasteiger partial charge in [0.05, 0.1) is 21.6 Å². The molecule has 1 heterocycles. The Kier molecular flexibility index (Phi) is 5.32. The van der Waals surface area contributed by atoms with Crippen molar-refractivity contribution in [3.05, 3.63) is 72.3 Å². The largest absolute Gasteiger partial charge is 0.399 e. The molecule has 4 rings (SSSR count). The molecule has 0 spiro atoms. The average molecular weight is 421 g/mol. The van der Waals surface area contributed by atoms with Crippen molar-refractivity contribution in [3.8, 4) is 0 Å². The number of sulfonamides is 1. The van der Waals surface area contributed by atoms with Gasteiger partial charge in [-0.1, -0.05) is 29.8 Å². The summed E-state index contributed by atoms with van der Waals surface area (Å²) in [6, 6.07) is 20.0. The molecule has 3 aromatic carbocycles. The van der Waals surface area contributed by atoms with E-state index < -0.39 is 10.0 Å². The number of fused-ring (bicyclic) bond motifs is 2. The van der Waals surface area contributed by atoms with Crippen LogP contribution in [0.5, 0.6) is 0 Å². The van der Waals surface area contributed by atoms with Gasteiger partial charge < -0.3 is 11.5 Å². The van der Waals surface area contributed by atoms with Gasteiger partial charge in [0, 0.05) is 23.0 Å². The summed E-state index contributed by atoms with van der Waals surface area (Å²) in [6.07, 6.45) is 0.546. The summed E-state index contributed by atoms with van der Waals surface area (Å²) in [6.45, 7) is 2.61. The van der Waals surface area contributed by atoms with Crippen molar-refractivity contribution in [2.24, 2.45) is 5.73 Å². The van der Waals surface area contributed by atoms with E-state index in [2.05, 4.69) is 0 Å². The molecule has 0 aliphatic rings. The Morgan fingerprint density at radius 1 is 0.900 bits per heavy atom. The van der Waals surface area contributed by atoms with Gasteiger partial charge in [0.25, 0.3) is 10.0 Å². The van der Waals surface area contributed by atoms with Crippen LogP contribution in [0.1, 0.15) is 12.0 Å². The Labute approximate surface area is 176 Å². The number of nitrogens with two attached hydrogens (primary N) is 2. The Hall–Kier alpha value is -3.16. The molecule has 154 valence electrons. The van der Waals surface area contributed by atoms with Crippen LogP contribution in [0.25, 0.3) is 21.8 Å². The summed E-state index contributed by atoms with van der Waals surface area (Å²) in [5.41, 5.74) is 15.3. The number of aryl methyl sites for hydroxylation is 1. The third kappa shape index (κ3) is 3.81. The smallest absolute Gasteiger partial charge is 0.264 e. The maximum atomic E-state index is 13.4. The highest BCUT2D eigenvalue weighted by Gasteiger charge is 2.24. The average Bonchev–Trinajstić information content (AvgIpc) is 2.72. The van der Waals surface area contributed by atoms with Gasteiger partial charge in [0.1, 0.15) is 0 Å². The first-order valence-electron chi connectivity index (χ1n) is 9.78. The van der Waals surface area contributed by atoms with Crippen molar-refractivity contribution in [2.45, 2.75) is 18.2 Å². The van der Waals surface area contributed by atoms with Crippen LogP contribution in [0.3, 0.4) is 0 Å². The zero-order valence-electron chi connectivity index (χ0n) is 16.7. The first kappa shape index (κ1) is 20.1. The van der Waals surface area contributed by atoms with Crippen molar-refractivity contribution in [1.82, 2.24) is 4.98 Å². The second-order valence-corrected chi connectivity index (χ2v) is 9.21. The Balaban J connectivity index is 1.83. The molecule has 0 atom stereocenters. The SMILES string of the molecule is Cc1ccc(S(=O)(=O)N(CCCN)c2ccc3cc4ccc(N)cc4nc3c2)cc1. The Morgan fingerprint density at radius 3 is 2.27 bits per heavy atom. The number of aromatic nitrogens is 1. The molecule has 1 aromatic heterocycles. The number of benzene rings is 3. The van der Waals surface area contributed by atoms with Gasteiger partial charge in [-0.3, -0.25) is 4.31 Å². The van der Waals surface area contributed by atoms with Gasteiger partial charge >= 0.3 is 0 Å². The molecule has 0 bridgehead atoms. The van der Waals surface area contributed by atoms with Crippen LogP contribution in [0, 0.1) is 6.92 Å². The zero-order valence-corrected chi connectivity index (χ0v) is 17.6. The number of nitrogens with zero attached hydrogens (tertiary/aromatic N) is 2. The molecule has 0 fully saturated rings. The Bertz CT molecular complexity index is 1320. The van der Waals surface area contributed by atoms with Crippen LogP contribution in [0.15, 0.2) is 71.6 Å². The standard InChI is InChI=1S/C23H24N4O2S/c1-16-3-9-21(10-4-16)30(28,29)27(12-2-11-24)20-8-6-18-13-17-5-7-19(25)14-22(17)26-23(18)15-20/h3-10,13-15H,2,11-12,24-25H2,1H3. The van der Waals surface area contributed by atoms with E-state index in [1.807, 2.05) is 43.3 Å². The lowest BCUT2D eigenvalue weighted by atomic mass is 10.1. The lowest BCUT2D eigenvalue weighted by molar-refractivity contribution is 0.589. The van der Waals surface area contributed by atoms with E-state index in [-0.39, 0.29) is 4.90 Å². The summed E-state index contributed by atoms with van der Waals surface area (Å²) in [7, 11) is -3.73. The number of pyridine rings is 1. The van der Waals surface area contributed by atoms with Crippen molar-refractivity contribution in [1.29, 1.82) is 0 Å². The second kappa shape index (κ2) is 7.93. The molecule has 0 aliphatic heterocycles. The van der Waals surface area contributed by atoms with Gasteiger partial charge in [-0.05, 0) is 62.4 Å². The van der Waals surface area contributed by atoms with E-state index in [0.29, 0.717) is 36.4 Å². The van der Waals surface area contributed by atoms with E-state index in [1.165, 1.54) is 4.31 Å². The normalized spacial score (nSPS) is 11.8. The highest BCUT2D eigenvalue weighted by molar-refractivity contribution is 7.92. The minimum Gasteiger partial charge on any atom is -0.399 e. The van der Waals surface area contributed by atoms with E-state index in [9.17, 15) is 8.42 Å². The molecule has 30 heavy (non-hydrogen) atoms. The topological polar surface area (TPSA) is 102 Å². The van der Waals surface area contributed by atoms with Gasteiger partial charge in [-0.15, -0.1) is 0 Å². The lowest BCUT2D eigenvalue weighted by Crippen LogP contribution is -2.33. The second-order valence-electron chi connectivity index (χ2n) is 7.35. The maximum absolute atomic E-state index is 13.4. The van der Waals surface area contributed by atoms with E-state index >= 15 is 0 Å². The third-order valence-corrected chi connectivity index (χ3v) is 6.92. The van der Waals surface area contributed by atoms with Crippen molar-refractivity contribution < 1.29 is 8.42 Å². The molecule has 4 N–H and O–H groups in total. The number of anilines is 2. The molecular weight excluding hydrogens is 396 g/mol. The molecular formula is C23H24N4O2S. The van der Waals surface area contributed by atoms with E-state index in [4.69, 9.17) is 16.5 Å². The highest BCUT2D eigenvalue weighted by atomic mass is 32.2. The van der Waals surface area contributed by atoms with Crippen LogP contribution in [-0.4, -0.2) is 26.5 Å². The molecule has 0 saturated heterocycles. The summed E-state index contributed by atoms with van der Waals surface area (Å²) in [5.74, 6) is 0.